The maximum Gasteiger partial charge on any atom is 0.146 e. The van der Waals surface area contributed by atoms with E-state index >= 15 is 0 Å². The van der Waals surface area contributed by atoms with Gasteiger partial charge in [-0.1, -0.05) is 33.8 Å². The Labute approximate surface area is 104 Å². The Kier molecular flexibility index (Phi) is 3.32. The van der Waals surface area contributed by atoms with Crippen LogP contribution in [0.25, 0.3) is 0 Å². The van der Waals surface area contributed by atoms with Crippen LogP contribution in [0.15, 0.2) is 12.1 Å². The van der Waals surface area contributed by atoms with Crippen LogP contribution in [0.3, 0.4) is 0 Å². The minimum absolute atomic E-state index is 0.126. The molecule has 0 aliphatic carbocycles. The number of fused-ring (bicyclic) bond motifs is 1. The number of ether oxygens (including phenoxy) is 1. The van der Waals surface area contributed by atoms with Gasteiger partial charge in [0.2, 0.25) is 0 Å². The molecule has 0 saturated carbocycles. The van der Waals surface area contributed by atoms with Crippen LogP contribution >= 0.6 is 0 Å². The fourth-order valence-electron chi connectivity index (χ4n) is 2.21. The molecule has 0 aromatic heterocycles. The average molecular weight is 233 g/mol. The van der Waals surface area contributed by atoms with Crippen LogP contribution in [0.1, 0.15) is 45.2 Å². The number of nitrogens with one attached hydrogen (secondary N) is 1. The van der Waals surface area contributed by atoms with Gasteiger partial charge in [-0.25, -0.2) is 0 Å². The molecule has 1 aliphatic heterocycles. The third-order valence-corrected chi connectivity index (χ3v) is 3.25. The highest BCUT2D eigenvalue weighted by Crippen LogP contribution is 2.39. The molecule has 1 N–H and O–H groups in total. The third kappa shape index (κ3) is 2.56. The van der Waals surface area contributed by atoms with E-state index in [1.54, 1.807) is 0 Å². The second-order valence-electron chi connectivity index (χ2n) is 5.75. The smallest absolute Gasteiger partial charge is 0.146 e. The lowest BCUT2D eigenvalue weighted by atomic mass is 9.84. The summed E-state index contributed by atoms with van der Waals surface area (Å²) in [6.07, 6.45) is 2.14. The zero-order valence-corrected chi connectivity index (χ0v) is 11.4. The number of benzene rings is 1. The van der Waals surface area contributed by atoms with Gasteiger partial charge in [0.25, 0.3) is 0 Å². The number of rotatable bonds is 1. The van der Waals surface area contributed by atoms with Crippen LogP contribution in [-0.2, 0) is 11.8 Å². The molecular weight excluding hydrogens is 210 g/mol. The standard InChI is InChI=1S/C15H23NO/c1-5-11-9-12(15(2,3)4)14-13(10-11)16-7-6-8-17-14/h9-10,16H,5-8H2,1-4H3. The van der Waals surface area contributed by atoms with Crippen molar-refractivity contribution in [2.45, 2.75) is 46.0 Å². The van der Waals surface area contributed by atoms with Crippen molar-refractivity contribution in [3.8, 4) is 5.75 Å². The molecule has 0 bridgehead atoms. The lowest BCUT2D eigenvalue weighted by molar-refractivity contribution is 0.314. The molecule has 17 heavy (non-hydrogen) atoms. The molecule has 0 radical (unpaired) electrons. The summed E-state index contributed by atoms with van der Waals surface area (Å²) in [6, 6.07) is 4.53. The number of hydrogen-bond donors (Lipinski definition) is 1. The van der Waals surface area contributed by atoms with E-state index in [1.165, 1.54) is 16.8 Å². The van der Waals surface area contributed by atoms with Crippen LogP contribution in [0.2, 0.25) is 0 Å². The van der Waals surface area contributed by atoms with Crippen molar-refractivity contribution >= 4 is 5.69 Å². The fourth-order valence-corrected chi connectivity index (χ4v) is 2.21. The zero-order valence-electron chi connectivity index (χ0n) is 11.4. The molecule has 0 spiro atoms. The normalized spacial score (nSPS) is 15.5. The van der Waals surface area contributed by atoms with E-state index in [-0.39, 0.29) is 5.41 Å². The Hall–Kier alpha value is -1.18. The molecule has 0 unspecified atom stereocenters. The summed E-state index contributed by atoms with van der Waals surface area (Å²) in [5, 5.41) is 3.49. The van der Waals surface area contributed by atoms with Crippen LogP contribution in [0, 0.1) is 0 Å². The Bertz CT molecular complexity index is 404. The third-order valence-electron chi connectivity index (χ3n) is 3.25. The summed E-state index contributed by atoms with van der Waals surface area (Å²) < 4.78 is 5.94. The van der Waals surface area contributed by atoms with Crippen molar-refractivity contribution in [3.63, 3.8) is 0 Å². The van der Waals surface area contributed by atoms with Crippen molar-refractivity contribution in [1.29, 1.82) is 0 Å². The highest BCUT2D eigenvalue weighted by molar-refractivity contribution is 5.64. The van der Waals surface area contributed by atoms with Gasteiger partial charge in [0.15, 0.2) is 0 Å². The summed E-state index contributed by atoms with van der Waals surface area (Å²) in [5.74, 6) is 1.06. The molecule has 2 heteroatoms. The number of anilines is 1. The Morgan fingerprint density at radius 2 is 2.06 bits per heavy atom. The van der Waals surface area contributed by atoms with Gasteiger partial charge in [0.05, 0.1) is 12.3 Å². The fraction of sp³-hybridized carbons (Fsp3) is 0.600. The van der Waals surface area contributed by atoms with Crippen LogP contribution in [0.5, 0.6) is 5.75 Å². The molecule has 0 fully saturated rings. The predicted molar refractivity (Wildman–Crippen MR) is 73.1 cm³/mol. The van der Waals surface area contributed by atoms with Crippen molar-refractivity contribution in [2.24, 2.45) is 0 Å². The maximum atomic E-state index is 5.94. The molecule has 2 rings (SSSR count). The Balaban J connectivity index is 2.55. The molecule has 94 valence electrons. The Morgan fingerprint density at radius 1 is 1.29 bits per heavy atom. The molecule has 1 heterocycles. The average Bonchev–Trinajstić information content (AvgIpc) is 2.50. The van der Waals surface area contributed by atoms with Crippen molar-refractivity contribution < 1.29 is 4.74 Å². The molecule has 1 aromatic rings. The summed E-state index contributed by atoms with van der Waals surface area (Å²) in [6.45, 7) is 10.8. The SMILES string of the molecule is CCc1cc2c(c(C(C)(C)C)c1)OCCCN2. The summed E-state index contributed by atoms with van der Waals surface area (Å²) in [5.41, 5.74) is 4.00. The van der Waals surface area contributed by atoms with Gasteiger partial charge in [-0.05, 0) is 29.9 Å². The van der Waals surface area contributed by atoms with Gasteiger partial charge < -0.3 is 10.1 Å². The van der Waals surface area contributed by atoms with E-state index in [4.69, 9.17) is 4.74 Å². The van der Waals surface area contributed by atoms with Gasteiger partial charge in [-0.3, -0.25) is 0 Å². The van der Waals surface area contributed by atoms with Gasteiger partial charge >= 0.3 is 0 Å². The van der Waals surface area contributed by atoms with Crippen molar-refractivity contribution in [1.82, 2.24) is 0 Å². The summed E-state index contributed by atoms with van der Waals surface area (Å²) in [7, 11) is 0. The van der Waals surface area contributed by atoms with E-state index < -0.39 is 0 Å². The number of aryl methyl sites for hydroxylation is 1. The first kappa shape index (κ1) is 12.3. The van der Waals surface area contributed by atoms with Crippen molar-refractivity contribution in [3.05, 3.63) is 23.3 Å². The molecule has 0 amide bonds. The predicted octanol–water partition coefficient (Wildman–Crippen LogP) is 3.74. The molecule has 2 nitrogen and oxygen atoms in total. The van der Waals surface area contributed by atoms with E-state index in [0.717, 1.165) is 31.7 Å². The van der Waals surface area contributed by atoms with E-state index in [2.05, 4.69) is 45.1 Å². The molecule has 0 saturated heterocycles. The molecular formula is C15H23NO. The quantitative estimate of drug-likeness (QED) is 0.797. The first-order chi connectivity index (χ1) is 8.02. The van der Waals surface area contributed by atoms with Gasteiger partial charge in [0, 0.05) is 12.1 Å². The highest BCUT2D eigenvalue weighted by Gasteiger charge is 2.23. The lowest BCUT2D eigenvalue weighted by Gasteiger charge is -2.25. The summed E-state index contributed by atoms with van der Waals surface area (Å²) in [4.78, 5) is 0. The van der Waals surface area contributed by atoms with E-state index in [1.807, 2.05) is 0 Å². The highest BCUT2D eigenvalue weighted by atomic mass is 16.5. The minimum atomic E-state index is 0.126. The maximum absolute atomic E-state index is 5.94. The van der Waals surface area contributed by atoms with Gasteiger partial charge in [-0.2, -0.15) is 0 Å². The minimum Gasteiger partial charge on any atom is -0.491 e. The van der Waals surface area contributed by atoms with Gasteiger partial charge in [-0.15, -0.1) is 0 Å². The molecule has 1 aliphatic rings. The zero-order chi connectivity index (χ0) is 12.5. The monoisotopic (exact) mass is 233 g/mol. The topological polar surface area (TPSA) is 21.3 Å². The van der Waals surface area contributed by atoms with Crippen LogP contribution in [-0.4, -0.2) is 13.2 Å². The number of hydrogen-bond acceptors (Lipinski definition) is 2. The van der Waals surface area contributed by atoms with Gasteiger partial charge in [0.1, 0.15) is 5.75 Å². The Morgan fingerprint density at radius 3 is 2.71 bits per heavy atom. The second-order valence-corrected chi connectivity index (χ2v) is 5.75. The first-order valence-corrected chi connectivity index (χ1v) is 6.56. The largest absolute Gasteiger partial charge is 0.491 e. The van der Waals surface area contributed by atoms with Crippen molar-refractivity contribution in [2.75, 3.05) is 18.5 Å². The lowest BCUT2D eigenvalue weighted by Crippen LogP contribution is -2.14. The van der Waals surface area contributed by atoms with E-state index in [9.17, 15) is 0 Å². The molecule has 0 atom stereocenters. The van der Waals surface area contributed by atoms with Crippen LogP contribution < -0.4 is 10.1 Å². The molecule has 1 aromatic carbocycles. The van der Waals surface area contributed by atoms with E-state index in [0.29, 0.717) is 0 Å². The first-order valence-electron chi connectivity index (χ1n) is 6.56. The second kappa shape index (κ2) is 4.59. The van der Waals surface area contributed by atoms with Crippen LogP contribution in [0.4, 0.5) is 5.69 Å². The summed E-state index contributed by atoms with van der Waals surface area (Å²) >= 11 is 0.